The summed E-state index contributed by atoms with van der Waals surface area (Å²) in [6.07, 6.45) is 3.82. The van der Waals surface area contributed by atoms with Gasteiger partial charge in [0.2, 0.25) is 5.95 Å². The molecule has 2 amide bonds. The third-order valence-electron chi connectivity index (χ3n) is 3.83. The lowest BCUT2D eigenvalue weighted by molar-refractivity contribution is 0.247. The zero-order valence-electron chi connectivity index (χ0n) is 14.1. The van der Waals surface area contributed by atoms with Crippen LogP contribution >= 0.6 is 0 Å². The topological polar surface area (TPSA) is 103 Å². The lowest BCUT2D eigenvalue weighted by Gasteiger charge is -2.19. The summed E-state index contributed by atoms with van der Waals surface area (Å²) in [6, 6.07) is 9.28. The number of hydrogen-bond donors (Lipinski definition) is 2. The van der Waals surface area contributed by atoms with Gasteiger partial charge in [0.05, 0.1) is 6.04 Å². The van der Waals surface area contributed by atoms with Crippen molar-refractivity contribution >= 4 is 12.0 Å². The summed E-state index contributed by atoms with van der Waals surface area (Å²) >= 11 is 0. The van der Waals surface area contributed by atoms with Crippen LogP contribution in [0.15, 0.2) is 43.0 Å². The van der Waals surface area contributed by atoms with E-state index < -0.39 is 0 Å². The lowest BCUT2D eigenvalue weighted by atomic mass is 10.0. The predicted molar refractivity (Wildman–Crippen MR) is 91.7 cm³/mol. The average Bonchev–Trinajstić information content (AvgIpc) is 3.22. The number of hydrogen-bond acceptors (Lipinski definition) is 5. The Balaban J connectivity index is 1.66. The Morgan fingerprint density at radius 1 is 1.28 bits per heavy atom. The predicted octanol–water partition coefficient (Wildman–Crippen LogP) is 1.67. The summed E-state index contributed by atoms with van der Waals surface area (Å²) in [7, 11) is 1.77. The van der Waals surface area contributed by atoms with Crippen molar-refractivity contribution in [3.8, 4) is 0 Å². The van der Waals surface area contributed by atoms with Crippen molar-refractivity contribution in [2.75, 3.05) is 5.32 Å². The van der Waals surface area contributed by atoms with E-state index >= 15 is 0 Å². The molecule has 0 saturated heterocycles. The van der Waals surface area contributed by atoms with Crippen LogP contribution in [0, 0.1) is 6.92 Å². The van der Waals surface area contributed by atoms with Gasteiger partial charge in [-0.3, -0.25) is 14.7 Å². The summed E-state index contributed by atoms with van der Waals surface area (Å²) in [5.41, 5.74) is 1.02. The van der Waals surface area contributed by atoms with Crippen LogP contribution in [0.5, 0.6) is 0 Å². The van der Waals surface area contributed by atoms with E-state index in [4.69, 9.17) is 0 Å². The quantitative estimate of drug-likeness (QED) is 0.710. The fourth-order valence-corrected chi connectivity index (χ4v) is 2.43. The number of carbonyl (C=O) groups excluding carboxylic acids is 1. The standard InChI is InChI=1S/C16H20N8O/c1-12-19-15(22-23(12)2)21-16(25)20-14(13-6-4-3-5-7-13)8-9-24-11-17-10-18-24/h3-7,10-11,14H,8-9H2,1-2H3,(H2,20,21,22,25)/t14-/m0/s1. The van der Waals surface area contributed by atoms with Crippen LogP contribution in [0.4, 0.5) is 10.7 Å². The Morgan fingerprint density at radius 2 is 2.08 bits per heavy atom. The molecule has 2 N–H and O–H groups in total. The van der Waals surface area contributed by atoms with Crippen molar-refractivity contribution in [1.82, 2.24) is 34.8 Å². The van der Waals surface area contributed by atoms with Crippen molar-refractivity contribution in [2.45, 2.75) is 25.9 Å². The smallest absolute Gasteiger partial charge is 0.322 e. The Bertz CT molecular complexity index is 793. The molecule has 9 nitrogen and oxygen atoms in total. The molecule has 0 saturated carbocycles. The molecule has 0 radical (unpaired) electrons. The van der Waals surface area contributed by atoms with Gasteiger partial charge in [-0.2, -0.15) is 10.1 Å². The maximum atomic E-state index is 12.3. The zero-order chi connectivity index (χ0) is 17.6. The molecule has 9 heteroatoms. The SMILES string of the molecule is Cc1nc(NC(=O)N[C@@H](CCn2cncn2)c2ccccc2)nn1C. The number of anilines is 1. The first-order valence-electron chi connectivity index (χ1n) is 7.94. The molecule has 3 aromatic rings. The molecule has 25 heavy (non-hydrogen) atoms. The molecule has 0 aliphatic heterocycles. The first-order chi connectivity index (χ1) is 12.1. The summed E-state index contributed by atoms with van der Waals surface area (Å²) in [5.74, 6) is 1.00. The van der Waals surface area contributed by atoms with E-state index in [9.17, 15) is 4.79 Å². The van der Waals surface area contributed by atoms with E-state index in [0.717, 1.165) is 11.4 Å². The highest BCUT2D eigenvalue weighted by atomic mass is 16.2. The van der Waals surface area contributed by atoms with Crippen LogP contribution in [0.3, 0.4) is 0 Å². The monoisotopic (exact) mass is 340 g/mol. The van der Waals surface area contributed by atoms with E-state index in [1.165, 1.54) is 6.33 Å². The van der Waals surface area contributed by atoms with Crippen molar-refractivity contribution < 1.29 is 4.79 Å². The minimum atomic E-state index is -0.349. The number of carbonyl (C=O) groups is 1. The third kappa shape index (κ3) is 4.40. The molecule has 0 aliphatic carbocycles. The minimum absolute atomic E-state index is 0.171. The molecule has 3 rings (SSSR count). The van der Waals surface area contributed by atoms with Crippen LogP contribution in [0.25, 0.3) is 0 Å². The molecule has 0 spiro atoms. The number of urea groups is 1. The maximum absolute atomic E-state index is 12.3. The van der Waals surface area contributed by atoms with E-state index in [2.05, 4.69) is 30.8 Å². The van der Waals surface area contributed by atoms with Crippen molar-refractivity contribution in [2.24, 2.45) is 7.05 Å². The molecular formula is C16H20N8O. The van der Waals surface area contributed by atoms with Gasteiger partial charge in [0.1, 0.15) is 18.5 Å². The van der Waals surface area contributed by atoms with Crippen LogP contribution in [-0.4, -0.2) is 35.6 Å². The van der Waals surface area contributed by atoms with Gasteiger partial charge in [-0.05, 0) is 18.9 Å². The molecule has 0 aliphatic rings. The molecule has 0 unspecified atom stereocenters. The normalized spacial score (nSPS) is 11.9. The third-order valence-corrected chi connectivity index (χ3v) is 3.83. The number of nitrogens with one attached hydrogen (secondary N) is 2. The Kier molecular flexibility index (Phi) is 5.03. The molecule has 2 aromatic heterocycles. The number of amides is 2. The van der Waals surface area contributed by atoms with E-state index in [0.29, 0.717) is 13.0 Å². The van der Waals surface area contributed by atoms with Crippen LogP contribution in [0.2, 0.25) is 0 Å². The van der Waals surface area contributed by atoms with E-state index in [-0.39, 0.29) is 18.0 Å². The number of aryl methyl sites for hydroxylation is 3. The molecule has 0 bridgehead atoms. The van der Waals surface area contributed by atoms with E-state index in [1.807, 2.05) is 37.3 Å². The van der Waals surface area contributed by atoms with Gasteiger partial charge in [-0.15, -0.1) is 5.10 Å². The molecule has 2 heterocycles. The Hall–Kier alpha value is -3.23. The van der Waals surface area contributed by atoms with Crippen LogP contribution in [0.1, 0.15) is 23.9 Å². The first-order valence-corrected chi connectivity index (χ1v) is 7.94. The zero-order valence-corrected chi connectivity index (χ0v) is 14.1. The van der Waals surface area contributed by atoms with Gasteiger partial charge < -0.3 is 5.32 Å². The van der Waals surface area contributed by atoms with Gasteiger partial charge in [-0.25, -0.2) is 9.78 Å². The summed E-state index contributed by atoms with van der Waals surface area (Å²) < 4.78 is 3.34. The minimum Gasteiger partial charge on any atom is -0.331 e. The Morgan fingerprint density at radius 3 is 2.72 bits per heavy atom. The van der Waals surface area contributed by atoms with Gasteiger partial charge in [0.15, 0.2) is 0 Å². The number of benzene rings is 1. The summed E-state index contributed by atoms with van der Waals surface area (Å²) in [6.45, 7) is 2.46. The van der Waals surface area contributed by atoms with Crippen molar-refractivity contribution in [3.63, 3.8) is 0 Å². The second kappa shape index (κ2) is 7.56. The molecule has 130 valence electrons. The Labute approximate surface area is 145 Å². The fourth-order valence-electron chi connectivity index (χ4n) is 2.43. The van der Waals surface area contributed by atoms with E-state index in [1.54, 1.807) is 22.7 Å². The molecular weight excluding hydrogens is 320 g/mol. The molecule has 0 fully saturated rings. The van der Waals surface area contributed by atoms with Crippen molar-refractivity contribution in [3.05, 3.63) is 54.4 Å². The fraction of sp³-hybridized carbons (Fsp3) is 0.312. The van der Waals surface area contributed by atoms with Crippen molar-refractivity contribution in [1.29, 1.82) is 0 Å². The molecule has 1 atom stereocenters. The first kappa shape index (κ1) is 16.6. The number of nitrogens with zero attached hydrogens (tertiary/aromatic N) is 6. The second-order valence-electron chi connectivity index (χ2n) is 5.62. The highest BCUT2D eigenvalue weighted by Gasteiger charge is 2.16. The average molecular weight is 340 g/mol. The van der Waals surface area contributed by atoms with Gasteiger partial charge in [0, 0.05) is 13.6 Å². The maximum Gasteiger partial charge on any atom is 0.322 e. The second-order valence-corrected chi connectivity index (χ2v) is 5.62. The van der Waals surface area contributed by atoms with Gasteiger partial charge in [-0.1, -0.05) is 30.3 Å². The van der Waals surface area contributed by atoms with Crippen LogP contribution in [-0.2, 0) is 13.6 Å². The number of aromatic nitrogens is 6. The number of rotatable bonds is 6. The van der Waals surface area contributed by atoms with Crippen LogP contribution < -0.4 is 10.6 Å². The van der Waals surface area contributed by atoms with Gasteiger partial charge >= 0.3 is 6.03 Å². The lowest BCUT2D eigenvalue weighted by Crippen LogP contribution is -2.33. The highest BCUT2D eigenvalue weighted by molar-refractivity contribution is 5.87. The summed E-state index contributed by atoms with van der Waals surface area (Å²) in [4.78, 5) is 20.4. The molecule has 1 aromatic carbocycles. The highest BCUT2D eigenvalue weighted by Crippen LogP contribution is 2.17. The van der Waals surface area contributed by atoms with Gasteiger partial charge in [0.25, 0.3) is 0 Å². The summed E-state index contributed by atoms with van der Waals surface area (Å²) in [5, 5.41) is 13.9. The largest absolute Gasteiger partial charge is 0.331 e.